The third-order valence-corrected chi connectivity index (χ3v) is 3.14. The van der Waals surface area contributed by atoms with Crippen LogP contribution in [0.5, 0.6) is 0 Å². The zero-order valence-corrected chi connectivity index (χ0v) is 8.95. The molecule has 0 unspecified atom stereocenters. The number of aryl methyl sites for hydroxylation is 3. The van der Waals surface area contributed by atoms with Crippen LogP contribution in [0.1, 0.15) is 29.8 Å². The summed E-state index contributed by atoms with van der Waals surface area (Å²) in [6.45, 7) is 2.07. The molecule has 3 rings (SSSR count). The van der Waals surface area contributed by atoms with Crippen molar-refractivity contribution < 1.29 is 0 Å². The molecule has 0 bridgehead atoms. The molecule has 0 saturated heterocycles. The smallest absolute Gasteiger partial charge is 0.160 e. The van der Waals surface area contributed by atoms with Gasteiger partial charge in [-0.1, -0.05) is 0 Å². The van der Waals surface area contributed by atoms with E-state index in [0.29, 0.717) is 0 Å². The summed E-state index contributed by atoms with van der Waals surface area (Å²) in [6, 6.07) is 1.99. The molecule has 0 amide bonds. The van der Waals surface area contributed by atoms with E-state index < -0.39 is 0 Å². The summed E-state index contributed by atoms with van der Waals surface area (Å²) in [6.07, 6.45) is 6.92. The largest absolute Gasteiger partial charge is 0.396 e. The van der Waals surface area contributed by atoms with Crippen LogP contribution in [0.3, 0.4) is 0 Å². The van der Waals surface area contributed by atoms with Crippen LogP contribution in [0.25, 0.3) is 5.65 Å². The van der Waals surface area contributed by atoms with Gasteiger partial charge in [-0.05, 0) is 44.2 Å². The average Bonchev–Trinajstić information content (AvgIpc) is 2.57. The number of aromatic nitrogens is 2. The zero-order valence-electron chi connectivity index (χ0n) is 8.95. The summed E-state index contributed by atoms with van der Waals surface area (Å²) in [5.74, 6) is 0. The highest BCUT2D eigenvalue weighted by atomic mass is 15.0. The maximum Gasteiger partial charge on any atom is 0.160 e. The Labute approximate surface area is 88.9 Å². The maximum absolute atomic E-state index is 5.99. The number of pyridine rings is 1. The monoisotopic (exact) mass is 201 g/mol. The number of nitrogen functional groups attached to an aromatic ring is 1. The van der Waals surface area contributed by atoms with Gasteiger partial charge in [-0.2, -0.15) is 0 Å². The quantitative estimate of drug-likeness (QED) is 0.709. The average molecular weight is 201 g/mol. The van der Waals surface area contributed by atoms with E-state index in [2.05, 4.69) is 22.5 Å². The summed E-state index contributed by atoms with van der Waals surface area (Å²) < 4.78 is 2.18. The molecule has 0 atom stereocenters. The first kappa shape index (κ1) is 8.77. The van der Waals surface area contributed by atoms with Gasteiger partial charge >= 0.3 is 0 Å². The Bertz CT molecular complexity index is 525. The second-order valence-corrected chi connectivity index (χ2v) is 4.38. The van der Waals surface area contributed by atoms with Crippen LogP contribution in [0, 0.1) is 6.92 Å². The first-order valence-corrected chi connectivity index (χ1v) is 5.51. The van der Waals surface area contributed by atoms with Gasteiger partial charge in [0, 0.05) is 11.9 Å². The highest BCUT2D eigenvalue weighted by Gasteiger charge is 2.17. The fraction of sp³-hybridized carbons (Fsp3) is 0.417. The number of rotatable bonds is 0. The van der Waals surface area contributed by atoms with Crippen molar-refractivity contribution in [3.8, 4) is 0 Å². The SMILES string of the molecule is Cc1cc(N)c2nc3c(n2c1)CCCC3. The van der Waals surface area contributed by atoms with Gasteiger partial charge in [-0.15, -0.1) is 0 Å². The summed E-state index contributed by atoms with van der Waals surface area (Å²) in [4.78, 5) is 4.63. The lowest BCUT2D eigenvalue weighted by Crippen LogP contribution is -2.04. The first-order valence-electron chi connectivity index (χ1n) is 5.51. The lowest BCUT2D eigenvalue weighted by molar-refractivity contribution is 0.660. The van der Waals surface area contributed by atoms with Crippen LogP contribution in [-0.4, -0.2) is 9.38 Å². The molecule has 3 heteroatoms. The predicted molar refractivity (Wildman–Crippen MR) is 61.0 cm³/mol. The van der Waals surface area contributed by atoms with Gasteiger partial charge in [0.25, 0.3) is 0 Å². The minimum absolute atomic E-state index is 0.796. The second-order valence-electron chi connectivity index (χ2n) is 4.38. The number of nitrogens with zero attached hydrogens (tertiary/aromatic N) is 2. The zero-order chi connectivity index (χ0) is 10.4. The minimum Gasteiger partial charge on any atom is -0.396 e. The molecular weight excluding hydrogens is 186 g/mol. The second kappa shape index (κ2) is 2.99. The highest BCUT2D eigenvalue weighted by Crippen LogP contribution is 2.25. The van der Waals surface area contributed by atoms with E-state index in [9.17, 15) is 0 Å². The van der Waals surface area contributed by atoms with E-state index in [1.807, 2.05) is 6.07 Å². The Balaban J connectivity index is 2.37. The number of imidazole rings is 1. The van der Waals surface area contributed by atoms with Crippen LogP contribution in [0.4, 0.5) is 5.69 Å². The topological polar surface area (TPSA) is 43.3 Å². The summed E-state index contributed by atoms with van der Waals surface area (Å²) >= 11 is 0. The Kier molecular flexibility index (Phi) is 1.75. The van der Waals surface area contributed by atoms with Crippen molar-refractivity contribution in [2.24, 2.45) is 0 Å². The number of hydrogen-bond acceptors (Lipinski definition) is 2. The molecule has 0 spiro atoms. The van der Waals surface area contributed by atoms with E-state index >= 15 is 0 Å². The van der Waals surface area contributed by atoms with Crippen molar-refractivity contribution in [2.45, 2.75) is 32.6 Å². The third-order valence-electron chi connectivity index (χ3n) is 3.14. The van der Waals surface area contributed by atoms with E-state index in [1.165, 1.54) is 29.8 Å². The van der Waals surface area contributed by atoms with Crippen LogP contribution < -0.4 is 5.73 Å². The molecule has 2 N–H and O–H groups in total. The maximum atomic E-state index is 5.99. The molecule has 2 heterocycles. The summed E-state index contributed by atoms with van der Waals surface area (Å²) in [7, 11) is 0. The Hall–Kier alpha value is -1.51. The van der Waals surface area contributed by atoms with Crippen molar-refractivity contribution in [1.82, 2.24) is 9.38 Å². The molecular formula is C12H15N3. The van der Waals surface area contributed by atoms with Crippen molar-refractivity contribution in [1.29, 1.82) is 0 Å². The Morgan fingerprint density at radius 3 is 3.00 bits per heavy atom. The van der Waals surface area contributed by atoms with Gasteiger partial charge in [-0.25, -0.2) is 4.98 Å². The lowest BCUT2D eigenvalue weighted by Gasteiger charge is -2.10. The van der Waals surface area contributed by atoms with E-state index in [-0.39, 0.29) is 0 Å². The first-order chi connectivity index (χ1) is 7.25. The minimum atomic E-state index is 0.796. The van der Waals surface area contributed by atoms with E-state index in [4.69, 9.17) is 5.73 Å². The van der Waals surface area contributed by atoms with Crippen LogP contribution in [0.15, 0.2) is 12.3 Å². The summed E-state index contributed by atoms with van der Waals surface area (Å²) in [5, 5.41) is 0. The number of hydrogen-bond donors (Lipinski definition) is 1. The molecule has 15 heavy (non-hydrogen) atoms. The van der Waals surface area contributed by atoms with Gasteiger partial charge in [-0.3, -0.25) is 0 Å². The highest BCUT2D eigenvalue weighted by molar-refractivity contribution is 5.67. The van der Waals surface area contributed by atoms with Crippen molar-refractivity contribution in [3.63, 3.8) is 0 Å². The van der Waals surface area contributed by atoms with Gasteiger partial charge < -0.3 is 10.1 Å². The van der Waals surface area contributed by atoms with Gasteiger partial charge in [0.2, 0.25) is 0 Å². The van der Waals surface area contributed by atoms with Crippen molar-refractivity contribution in [3.05, 3.63) is 29.2 Å². The molecule has 0 saturated carbocycles. The third kappa shape index (κ3) is 1.23. The molecule has 0 aliphatic heterocycles. The fourth-order valence-electron chi connectivity index (χ4n) is 2.46. The standard InChI is InChI=1S/C12H15N3/c1-8-6-9(13)12-14-10-4-2-3-5-11(10)15(12)7-8/h6-7H,2-5,13H2,1H3. The Morgan fingerprint density at radius 2 is 2.13 bits per heavy atom. The summed E-state index contributed by atoms with van der Waals surface area (Å²) in [5.41, 5.74) is 11.5. The molecule has 2 aromatic rings. The van der Waals surface area contributed by atoms with Crippen molar-refractivity contribution in [2.75, 3.05) is 5.73 Å². The molecule has 3 nitrogen and oxygen atoms in total. The Morgan fingerprint density at radius 1 is 1.33 bits per heavy atom. The van der Waals surface area contributed by atoms with E-state index in [1.54, 1.807) is 0 Å². The van der Waals surface area contributed by atoms with E-state index in [0.717, 1.165) is 24.2 Å². The van der Waals surface area contributed by atoms with Crippen LogP contribution in [-0.2, 0) is 12.8 Å². The van der Waals surface area contributed by atoms with Gasteiger partial charge in [0.05, 0.1) is 11.4 Å². The molecule has 0 aromatic carbocycles. The van der Waals surface area contributed by atoms with Gasteiger partial charge in [0.15, 0.2) is 5.65 Å². The number of anilines is 1. The van der Waals surface area contributed by atoms with Crippen LogP contribution in [0.2, 0.25) is 0 Å². The lowest BCUT2D eigenvalue weighted by atomic mass is 10.0. The molecule has 2 aromatic heterocycles. The normalized spacial score (nSPS) is 15.5. The molecule has 0 radical (unpaired) electrons. The van der Waals surface area contributed by atoms with Crippen molar-refractivity contribution >= 4 is 11.3 Å². The molecule has 1 aliphatic carbocycles. The molecule has 0 fully saturated rings. The number of fused-ring (bicyclic) bond motifs is 3. The molecule has 78 valence electrons. The number of nitrogens with two attached hydrogens (primary N) is 1. The predicted octanol–water partition coefficient (Wildman–Crippen LogP) is 2.10. The molecule has 1 aliphatic rings. The van der Waals surface area contributed by atoms with Crippen LogP contribution >= 0.6 is 0 Å². The van der Waals surface area contributed by atoms with Gasteiger partial charge in [0.1, 0.15) is 0 Å². The fourth-order valence-corrected chi connectivity index (χ4v) is 2.46.